The number of amides is 1. The highest BCUT2D eigenvalue weighted by Crippen LogP contribution is 2.11. The number of rotatable bonds is 1. The number of carbonyl (C=O) groups excluding carboxylic acids is 1. The summed E-state index contributed by atoms with van der Waals surface area (Å²) in [6.07, 6.45) is 0.886. The molecule has 1 aromatic heterocycles. The fourth-order valence-electron chi connectivity index (χ4n) is 1.80. The van der Waals surface area contributed by atoms with Crippen LogP contribution in [0.5, 0.6) is 0 Å². The highest BCUT2D eigenvalue weighted by molar-refractivity contribution is 5.92. The summed E-state index contributed by atoms with van der Waals surface area (Å²) in [6, 6.07) is 5.61. The van der Waals surface area contributed by atoms with Crippen LogP contribution in [0.15, 0.2) is 18.2 Å². The van der Waals surface area contributed by atoms with Gasteiger partial charge >= 0.3 is 0 Å². The summed E-state index contributed by atoms with van der Waals surface area (Å²) >= 11 is 0. The second-order valence-electron chi connectivity index (χ2n) is 3.96. The molecular formula is C11H15N3O. The molecule has 0 aromatic carbocycles. The van der Waals surface area contributed by atoms with Gasteiger partial charge < -0.3 is 10.6 Å². The van der Waals surface area contributed by atoms with Gasteiger partial charge in [-0.05, 0) is 25.5 Å². The van der Waals surface area contributed by atoms with Crippen LogP contribution in [0.1, 0.15) is 22.6 Å². The minimum Gasteiger partial charge on any atom is -0.336 e. The zero-order chi connectivity index (χ0) is 10.8. The molecule has 1 aliphatic heterocycles. The molecule has 1 aromatic rings. The van der Waals surface area contributed by atoms with E-state index in [0.717, 1.165) is 18.7 Å². The van der Waals surface area contributed by atoms with Gasteiger partial charge in [0.2, 0.25) is 0 Å². The largest absolute Gasteiger partial charge is 0.336 e. The van der Waals surface area contributed by atoms with Crippen LogP contribution in [0.25, 0.3) is 0 Å². The number of aryl methyl sites for hydroxylation is 1. The van der Waals surface area contributed by atoms with Gasteiger partial charge in [-0.1, -0.05) is 6.07 Å². The van der Waals surface area contributed by atoms with Crippen molar-refractivity contribution in [2.75, 3.05) is 13.1 Å². The average Bonchev–Trinajstić information content (AvgIpc) is 2.64. The number of carbonyl (C=O) groups is 1. The molecule has 0 aliphatic carbocycles. The van der Waals surface area contributed by atoms with Crippen LogP contribution < -0.4 is 5.73 Å². The Labute approximate surface area is 89.1 Å². The molecule has 2 heterocycles. The van der Waals surface area contributed by atoms with Gasteiger partial charge in [-0.15, -0.1) is 0 Å². The van der Waals surface area contributed by atoms with Gasteiger partial charge in [0.1, 0.15) is 5.69 Å². The van der Waals surface area contributed by atoms with Gasteiger partial charge in [0, 0.05) is 24.8 Å². The Kier molecular flexibility index (Phi) is 2.68. The summed E-state index contributed by atoms with van der Waals surface area (Å²) < 4.78 is 0. The van der Waals surface area contributed by atoms with Crippen LogP contribution in [-0.4, -0.2) is 34.9 Å². The molecule has 0 unspecified atom stereocenters. The third-order valence-corrected chi connectivity index (χ3v) is 2.62. The van der Waals surface area contributed by atoms with Gasteiger partial charge in [0.05, 0.1) is 0 Å². The summed E-state index contributed by atoms with van der Waals surface area (Å²) in [6.45, 7) is 3.27. The van der Waals surface area contributed by atoms with Crippen molar-refractivity contribution < 1.29 is 4.79 Å². The molecule has 1 fully saturated rings. The minimum atomic E-state index is -0.00773. The molecule has 1 amide bonds. The monoisotopic (exact) mass is 205 g/mol. The number of nitrogens with zero attached hydrogens (tertiary/aromatic N) is 2. The zero-order valence-electron chi connectivity index (χ0n) is 8.81. The molecule has 1 saturated heterocycles. The topological polar surface area (TPSA) is 59.2 Å². The minimum absolute atomic E-state index is 0.00773. The molecule has 80 valence electrons. The van der Waals surface area contributed by atoms with Crippen LogP contribution >= 0.6 is 0 Å². The predicted molar refractivity (Wildman–Crippen MR) is 57.5 cm³/mol. The Bertz CT molecular complexity index is 378. The Balaban J connectivity index is 2.14. The summed E-state index contributed by atoms with van der Waals surface area (Å²) in [5.41, 5.74) is 7.14. The molecule has 0 spiro atoms. The van der Waals surface area contributed by atoms with Crippen molar-refractivity contribution in [1.29, 1.82) is 0 Å². The Morgan fingerprint density at radius 1 is 1.60 bits per heavy atom. The van der Waals surface area contributed by atoms with Gasteiger partial charge in [-0.2, -0.15) is 0 Å². The molecule has 4 heteroatoms. The lowest BCUT2D eigenvalue weighted by molar-refractivity contribution is 0.0785. The molecule has 0 bridgehead atoms. The number of hydrogen-bond donors (Lipinski definition) is 1. The van der Waals surface area contributed by atoms with E-state index < -0.39 is 0 Å². The van der Waals surface area contributed by atoms with E-state index in [9.17, 15) is 4.79 Å². The number of aromatic nitrogens is 1. The van der Waals surface area contributed by atoms with E-state index in [1.165, 1.54) is 0 Å². The fraction of sp³-hybridized carbons (Fsp3) is 0.455. The maximum absolute atomic E-state index is 12.0. The normalized spacial score (nSPS) is 20.7. The van der Waals surface area contributed by atoms with Gasteiger partial charge in [-0.25, -0.2) is 4.98 Å². The number of nitrogens with two attached hydrogens (primary N) is 1. The predicted octanol–water partition coefficient (Wildman–Crippen LogP) is 0.563. The van der Waals surface area contributed by atoms with Crippen LogP contribution in [0.4, 0.5) is 0 Å². The SMILES string of the molecule is Cc1cccc(C(=O)N2CC[C@@H](N)C2)n1. The van der Waals surface area contributed by atoms with Crippen molar-refractivity contribution in [3.63, 3.8) is 0 Å². The maximum Gasteiger partial charge on any atom is 0.272 e. The van der Waals surface area contributed by atoms with Crippen LogP contribution in [-0.2, 0) is 0 Å². The molecular weight excluding hydrogens is 190 g/mol. The third-order valence-electron chi connectivity index (χ3n) is 2.62. The van der Waals surface area contributed by atoms with Crippen molar-refractivity contribution in [3.8, 4) is 0 Å². The quantitative estimate of drug-likeness (QED) is 0.729. The first-order chi connectivity index (χ1) is 7.16. The number of hydrogen-bond acceptors (Lipinski definition) is 3. The summed E-state index contributed by atoms with van der Waals surface area (Å²) in [5.74, 6) is -0.00773. The van der Waals surface area contributed by atoms with E-state index in [-0.39, 0.29) is 11.9 Å². The summed E-state index contributed by atoms with van der Waals surface area (Å²) in [5, 5.41) is 0. The van der Waals surface area contributed by atoms with Crippen molar-refractivity contribution in [1.82, 2.24) is 9.88 Å². The summed E-state index contributed by atoms with van der Waals surface area (Å²) in [7, 11) is 0. The van der Waals surface area contributed by atoms with Crippen molar-refractivity contribution in [2.24, 2.45) is 5.73 Å². The van der Waals surface area contributed by atoms with E-state index in [0.29, 0.717) is 12.2 Å². The molecule has 15 heavy (non-hydrogen) atoms. The molecule has 1 aliphatic rings. The van der Waals surface area contributed by atoms with Gasteiger partial charge in [0.15, 0.2) is 0 Å². The number of likely N-dealkylation sites (tertiary alicyclic amines) is 1. The van der Waals surface area contributed by atoms with Gasteiger partial charge in [0.25, 0.3) is 5.91 Å². The van der Waals surface area contributed by atoms with Gasteiger partial charge in [-0.3, -0.25) is 4.79 Å². The molecule has 0 saturated carbocycles. The standard InChI is InChI=1S/C11H15N3O/c1-8-3-2-4-10(13-8)11(15)14-6-5-9(12)7-14/h2-4,9H,5-7,12H2,1H3/t9-/m1/s1. The molecule has 0 radical (unpaired) electrons. The third kappa shape index (κ3) is 2.15. The second kappa shape index (κ2) is 3.98. The van der Waals surface area contributed by atoms with Crippen molar-refractivity contribution in [3.05, 3.63) is 29.6 Å². The van der Waals surface area contributed by atoms with Crippen LogP contribution in [0.3, 0.4) is 0 Å². The first kappa shape index (κ1) is 10.1. The highest BCUT2D eigenvalue weighted by atomic mass is 16.2. The lowest BCUT2D eigenvalue weighted by Crippen LogP contribution is -2.32. The van der Waals surface area contributed by atoms with E-state index in [2.05, 4.69) is 4.98 Å². The first-order valence-corrected chi connectivity index (χ1v) is 5.15. The van der Waals surface area contributed by atoms with Crippen molar-refractivity contribution >= 4 is 5.91 Å². The first-order valence-electron chi connectivity index (χ1n) is 5.15. The van der Waals surface area contributed by atoms with E-state index >= 15 is 0 Å². The average molecular weight is 205 g/mol. The van der Waals surface area contributed by atoms with Crippen LogP contribution in [0, 0.1) is 6.92 Å². The Morgan fingerprint density at radius 2 is 2.40 bits per heavy atom. The lowest BCUT2D eigenvalue weighted by Gasteiger charge is -2.15. The lowest BCUT2D eigenvalue weighted by atomic mass is 10.3. The second-order valence-corrected chi connectivity index (χ2v) is 3.96. The highest BCUT2D eigenvalue weighted by Gasteiger charge is 2.25. The van der Waals surface area contributed by atoms with E-state index in [1.807, 2.05) is 19.1 Å². The fourth-order valence-corrected chi connectivity index (χ4v) is 1.80. The molecule has 2 rings (SSSR count). The Hall–Kier alpha value is -1.42. The Morgan fingerprint density at radius 3 is 3.00 bits per heavy atom. The van der Waals surface area contributed by atoms with Crippen molar-refractivity contribution in [2.45, 2.75) is 19.4 Å². The summed E-state index contributed by atoms with van der Waals surface area (Å²) in [4.78, 5) is 17.9. The maximum atomic E-state index is 12.0. The van der Waals surface area contributed by atoms with E-state index in [4.69, 9.17) is 5.73 Å². The molecule has 2 N–H and O–H groups in total. The zero-order valence-corrected chi connectivity index (χ0v) is 8.81. The van der Waals surface area contributed by atoms with Crippen LogP contribution in [0.2, 0.25) is 0 Å². The van der Waals surface area contributed by atoms with E-state index in [1.54, 1.807) is 11.0 Å². The molecule has 1 atom stereocenters. The molecule has 4 nitrogen and oxygen atoms in total. The number of pyridine rings is 1. The smallest absolute Gasteiger partial charge is 0.272 e.